The topological polar surface area (TPSA) is 81.2 Å². The highest BCUT2D eigenvalue weighted by molar-refractivity contribution is 7.13. The van der Waals surface area contributed by atoms with Gasteiger partial charge in [-0.25, -0.2) is 9.97 Å². The third-order valence-corrected chi connectivity index (χ3v) is 5.00. The molecule has 0 aliphatic rings. The second-order valence-corrected chi connectivity index (χ2v) is 7.46. The van der Waals surface area contributed by atoms with Crippen molar-refractivity contribution < 1.29 is 14.3 Å². The summed E-state index contributed by atoms with van der Waals surface area (Å²) in [6.45, 7) is 3.52. The van der Waals surface area contributed by atoms with Crippen molar-refractivity contribution in [2.45, 2.75) is 26.4 Å². The maximum atomic E-state index is 12.1. The second kappa shape index (κ2) is 8.95. The Morgan fingerprint density at radius 2 is 1.96 bits per heavy atom. The van der Waals surface area contributed by atoms with Crippen LogP contribution in [0, 0.1) is 6.92 Å². The smallest absolute Gasteiger partial charge is 0.312 e. The number of hydrogen-bond donors (Lipinski definition) is 1. The monoisotopic (exact) mass is 415 g/mol. The first-order valence-corrected chi connectivity index (χ1v) is 9.80. The van der Waals surface area contributed by atoms with Crippen LogP contribution in [0.5, 0.6) is 0 Å². The van der Waals surface area contributed by atoms with E-state index in [4.69, 9.17) is 16.3 Å². The molecule has 1 N–H and O–H groups in total. The van der Waals surface area contributed by atoms with Crippen LogP contribution >= 0.6 is 22.9 Å². The number of esters is 1. The van der Waals surface area contributed by atoms with Gasteiger partial charge in [-0.15, -0.1) is 11.3 Å². The number of rotatable bonds is 6. The largest absolute Gasteiger partial charge is 0.452 e. The first-order valence-electron chi connectivity index (χ1n) is 8.54. The molecule has 0 aliphatic carbocycles. The number of carbonyl (C=O) groups is 2. The molecule has 2 heterocycles. The SMILES string of the molecule is Cc1ccc(-c2nc(CC(=O)O[C@@H](C)C(=O)Nc3ccc(Cl)cn3)cs2)cc1. The van der Waals surface area contributed by atoms with E-state index in [1.807, 2.05) is 36.6 Å². The van der Waals surface area contributed by atoms with E-state index in [0.29, 0.717) is 16.5 Å². The van der Waals surface area contributed by atoms with Crippen LogP contribution in [0.25, 0.3) is 10.6 Å². The Balaban J connectivity index is 1.54. The standard InChI is InChI=1S/C20H18ClN3O3S/c1-12-3-5-14(6-4-12)20-23-16(11-28-20)9-18(25)27-13(2)19(26)24-17-8-7-15(21)10-22-17/h3-8,10-11,13H,9H2,1-2H3,(H,22,24,26)/t13-/m0/s1. The van der Waals surface area contributed by atoms with Gasteiger partial charge in [0.25, 0.3) is 5.91 Å². The number of pyridine rings is 1. The molecule has 0 bridgehead atoms. The highest BCUT2D eigenvalue weighted by atomic mass is 35.5. The minimum atomic E-state index is -0.958. The van der Waals surface area contributed by atoms with Crippen LogP contribution in [0.2, 0.25) is 5.02 Å². The molecular weight excluding hydrogens is 398 g/mol. The van der Waals surface area contributed by atoms with Crippen LogP contribution in [0.4, 0.5) is 5.82 Å². The van der Waals surface area contributed by atoms with E-state index in [9.17, 15) is 9.59 Å². The van der Waals surface area contributed by atoms with Gasteiger partial charge in [-0.2, -0.15) is 0 Å². The molecule has 0 fully saturated rings. The Morgan fingerprint density at radius 1 is 1.21 bits per heavy atom. The Morgan fingerprint density at radius 3 is 2.64 bits per heavy atom. The number of halogens is 1. The first kappa shape index (κ1) is 20.0. The zero-order chi connectivity index (χ0) is 20.1. The summed E-state index contributed by atoms with van der Waals surface area (Å²) in [7, 11) is 0. The van der Waals surface area contributed by atoms with E-state index in [1.54, 1.807) is 12.1 Å². The van der Waals surface area contributed by atoms with Gasteiger partial charge in [0, 0.05) is 17.1 Å². The lowest BCUT2D eigenvalue weighted by Gasteiger charge is -2.12. The van der Waals surface area contributed by atoms with Crippen LogP contribution in [-0.2, 0) is 20.7 Å². The molecule has 1 aromatic carbocycles. The number of thiazole rings is 1. The van der Waals surface area contributed by atoms with Gasteiger partial charge in [-0.3, -0.25) is 9.59 Å². The van der Waals surface area contributed by atoms with Gasteiger partial charge >= 0.3 is 5.97 Å². The molecular formula is C20H18ClN3O3S. The van der Waals surface area contributed by atoms with Gasteiger partial charge in [0.2, 0.25) is 0 Å². The first-order chi connectivity index (χ1) is 13.4. The predicted octanol–water partition coefficient (Wildman–Crippen LogP) is 4.28. The summed E-state index contributed by atoms with van der Waals surface area (Å²) in [5.74, 6) is -0.659. The van der Waals surface area contributed by atoms with Crippen molar-refractivity contribution in [1.29, 1.82) is 0 Å². The molecule has 0 spiro atoms. The predicted molar refractivity (Wildman–Crippen MR) is 109 cm³/mol. The van der Waals surface area contributed by atoms with E-state index in [1.165, 1.54) is 30.0 Å². The Bertz CT molecular complexity index is 971. The fourth-order valence-corrected chi connectivity index (χ4v) is 3.27. The lowest BCUT2D eigenvalue weighted by molar-refractivity contribution is -0.152. The van der Waals surface area contributed by atoms with Gasteiger partial charge in [-0.05, 0) is 26.0 Å². The fourth-order valence-electron chi connectivity index (χ4n) is 2.33. The summed E-state index contributed by atoms with van der Waals surface area (Å²) in [6, 6.07) is 11.2. The van der Waals surface area contributed by atoms with Crippen molar-refractivity contribution in [3.05, 3.63) is 64.3 Å². The van der Waals surface area contributed by atoms with Gasteiger partial charge in [-0.1, -0.05) is 41.4 Å². The second-order valence-electron chi connectivity index (χ2n) is 6.17. The number of anilines is 1. The number of ether oxygens (including phenoxy) is 1. The summed E-state index contributed by atoms with van der Waals surface area (Å²) in [5, 5.41) is 5.69. The Labute approximate surface area is 171 Å². The lowest BCUT2D eigenvalue weighted by atomic mass is 10.2. The van der Waals surface area contributed by atoms with Gasteiger partial charge in [0.1, 0.15) is 10.8 Å². The number of aryl methyl sites for hydroxylation is 1. The van der Waals surface area contributed by atoms with Crippen molar-refractivity contribution in [1.82, 2.24) is 9.97 Å². The highest BCUT2D eigenvalue weighted by Crippen LogP contribution is 2.24. The molecule has 0 saturated heterocycles. The molecule has 0 unspecified atom stereocenters. The summed E-state index contributed by atoms with van der Waals surface area (Å²) in [5.41, 5.74) is 2.78. The summed E-state index contributed by atoms with van der Waals surface area (Å²) in [6.07, 6.45) is 0.459. The van der Waals surface area contributed by atoms with Crippen LogP contribution in [0.1, 0.15) is 18.2 Å². The summed E-state index contributed by atoms with van der Waals surface area (Å²) >= 11 is 7.22. The number of hydrogen-bond acceptors (Lipinski definition) is 6. The molecule has 1 atom stereocenters. The van der Waals surface area contributed by atoms with Crippen LogP contribution in [0.3, 0.4) is 0 Å². The van der Waals surface area contributed by atoms with Crippen molar-refractivity contribution in [3.8, 4) is 10.6 Å². The number of aromatic nitrogens is 2. The molecule has 0 aliphatic heterocycles. The Kier molecular flexibility index (Phi) is 6.38. The molecule has 1 amide bonds. The maximum absolute atomic E-state index is 12.1. The lowest BCUT2D eigenvalue weighted by Crippen LogP contribution is -2.30. The van der Waals surface area contributed by atoms with Crippen molar-refractivity contribution >= 4 is 40.6 Å². The number of amides is 1. The molecule has 28 heavy (non-hydrogen) atoms. The quantitative estimate of drug-likeness (QED) is 0.607. The summed E-state index contributed by atoms with van der Waals surface area (Å²) in [4.78, 5) is 32.7. The van der Waals surface area contributed by atoms with E-state index in [2.05, 4.69) is 15.3 Å². The summed E-state index contributed by atoms with van der Waals surface area (Å²) < 4.78 is 5.20. The number of benzene rings is 1. The number of nitrogens with one attached hydrogen (secondary N) is 1. The molecule has 3 aromatic rings. The average molecular weight is 416 g/mol. The molecule has 0 radical (unpaired) electrons. The molecule has 8 heteroatoms. The highest BCUT2D eigenvalue weighted by Gasteiger charge is 2.19. The fraction of sp³-hybridized carbons (Fsp3) is 0.200. The van der Waals surface area contributed by atoms with Crippen LogP contribution in [-0.4, -0.2) is 27.9 Å². The van der Waals surface area contributed by atoms with Crippen molar-refractivity contribution in [2.24, 2.45) is 0 Å². The molecule has 6 nitrogen and oxygen atoms in total. The van der Waals surface area contributed by atoms with Gasteiger partial charge in [0.15, 0.2) is 6.10 Å². The third-order valence-electron chi connectivity index (χ3n) is 3.83. The van der Waals surface area contributed by atoms with E-state index < -0.39 is 18.0 Å². The van der Waals surface area contributed by atoms with E-state index in [-0.39, 0.29) is 6.42 Å². The van der Waals surface area contributed by atoms with Gasteiger partial charge in [0.05, 0.1) is 17.1 Å². The molecule has 3 rings (SSSR count). The molecule has 0 saturated carbocycles. The van der Waals surface area contributed by atoms with Crippen LogP contribution < -0.4 is 5.32 Å². The molecule has 144 valence electrons. The number of nitrogens with zero attached hydrogens (tertiary/aromatic N) is 2. The van der Waals surface area contributed by atoms with E-state index >= 15 is 0 Å². The third kappa shape index (κ3) is 5.37. The van der Waals surface area contributed by atoms with Crippen molar-refractivity contribution in [3.63, 3.8) is 0 Å². The zero-order valence-electron chi connectivity index (χ0n) is 15.3. The van der Waals surface area contributed by atoms with Gasteiger partial charge < -0.3 is 10.1 Å². The minimum Gasteiger partial charge on any atom is -0.452 e. The van der Waals surface area contributed by atoms with Crippen molar-refractivity contribution in [2.75, 3.05) is 5.32 Å². The van der Waals surface area contributed by atoms with Crippen LogP contribution in [0.15, 0.2) is 48.0 Å². The molecule has 2 aromatic heterocycles. The normalized spacial score (nSPS) is 11.7. The Hall–Kier alpha value is -2.77. The maximum Gasteiger partial charge on any atom is 0.312 e. The minimum absolute atomic E-state index is 0.000817. The van der Waals surface area contributed by atoms with E-state index in [0.717, 1.165) is 10.6 Å². The number of carbonyl (C=O) groups excluding carboxylic acids is 2. The zero-order valence-corrected chi connectivity index (χ0v) is 16.9. The average Bonchev–Trinajstić information content (AvgIpc) is 3.12.